The Kier molecular flexibility index (Phi) is 4.64. The number of nitrogens with one attached hydrogen (secondary N) is 2. The Hall–Kier alpha value is -1.59. The molecule has 1 aromatic rings. The van der Waals surface area contributed by atoms with Crippen molar-refractivity contribution >= 4 is 5.84 Å². The number of ether oxygens (including phenoxy) is 1. The van der Waals surface area contributed by atoms with E-state index in [9.17, 15) is 0 Å². The third-order valence-electron chi connectivity index (χ3n) is 4.24. The number of unbranched alkanes of at least 4 members (excludes halogenated alkanes) is 3. The molecule has 120 valence electrons. The Morgan fingerprint density at radius 1 is 1.32 bits per heavy atom. The molecule has 1 atom stereocenters. The lowest BCUT2D eigenvalue weighted by atomic mass is 9.96. The molecule has 2 N–H and O–H groups in total. The van der Waals surface area contributed by atoms with Crippen molar-refractivity contribution in [2.45, 2.75) is 51.2 Å². The van der Waals surface area contributed by atoms with E-state index < -0.39 is 5.72 Å². The Morgan fingerprint density at radius 3 is 3.00 bits per heavy atom. The Bertz CT molecular complexity index is 539. The zero-order valence-corrected chi connectivity index (χ0v) is 13.1. The highest BCUT2D eigenvalue weighted by Crippen LogP contribution is 2.43. The summed E-state index contributed by atoms with van der Waals surface area (Å²) in [5.74, 6) is 1.17. The molecule has 0 radical (unpaired) electrons. The molecule has 0 bridgehead atoms. The van der Waals surface area contributed by atoms with Crippen LogP contribution in [0.15, 0.2) is 18.2 Å². The number of fused-ring (bicyclic) bond motifs is 2. The van der Waals surface area contributed by atoms with Crippen molar-refractivity contribution in [3.8, 4) is 5.75 Å². The quantitative estimate of drug-likeness (QED) is 0.624. The van der Waals surface area contributed by atoms with Gasteiger partial charge in [0.1, 0.15) is 11.6 Å². The molecule has 5 nitrogen and oxygen atoms in total. The molecule has 5 heteroatoms. The van der Waals surface area contributed by atoms with Crippen LogP contribution in [-0.2, 0) is 15.5 Å². The summed E-state index contributed by atoms with van der Waals surface area (Å²) in [5.41, 5.74) is 0.997. The largest absolute Gasteiger partial charge is 0.493 e. The number of benzene rings is 1. The van der Waals surface area contributed by atoms with Gasteiger partial charge in [-0.05, 0) is 18.9 Å². The molecule has 1 fully saturated rings. The molecule has 0 aromatic heterocycles. The molecule has 0 amide bonds. The van der Waals surface area contributed by atoms with Crippen LogP contribution in [0.5, 0.6) is 5.75 Å². The molecule has 2 heterocycles. The first-order chi connectivity index (χ1) is 10.8. The van der Waals surface area contributed by atoms with Crippen molar-refractivity contribution in [2.24, 2.45) is 0 Å². The predicted molar refractivity (Wildman–Crippen MR) is 84.0 cm³/mol. The summed E-state index contributed by atoms with van der Waals surface area (Å²) in [6, 6.07) is 5.82. The molecule has 0 saturated carbocycles. The van der Waals surface area contributed by atoms with Crippen molar-refractivity contribution in [3.63, 3.8) is 0 Å². The Balaban J connectivity index is 1.79. The van der Waals surface area contributed by atoms with Gasteiger partial charge in [-0.2, -0.15) is 0 Å². The minimum Gasteiger partial charge on any atom is -0.493 e. The van der Waals surface area contributed by atoms with E-state index in [1.807, 2.05) is 18.2 Å². The summed E-state index contributed by atoms with van der Waals surface area (Å²) < 4.78 is 6.00. The molecule has 0 aliphatic carbocycles. The van der Waals surface area contributed by atoms with Crippen LogP contribution >= 0.6 is 0 Å². The first kappa shape index (κ1) is 15.3. The topological polar surface area (TPSA) is 63.6 Å². The third kappa shape index (κ3) is 2.83. The molecule has 1 aromatic carbocycles. The van der Waals surface area contributed by atoms with Gasteiger partial charge in [0.15, 0.2) is 0 Å². The van der Waals surface area contributed by atoms with Gasteiger partial charge >= 0.3 is 0 Å². The van der Waals surface area contributed by atoms with Crippen molar-refractivity contribution in [3.05, 3.63) is 29.3 Å². The second-order valence-electron chi connectivity index (χ2n) is 5.92. The van der Waals surface area contributed by atoms with Gasteiger partial charge in [-0.15, -0.1) is 0 Å². The van der Waals surface area contributed by atoms with Gasteiger partial charge in [0, 0.05) is 12.0 Å². The van der Waals surface area contributed by atoms with Gasteiger partial charge in [0.05, 0.1) is 18.8 Å². The molecular weight excluding hydrogens is 280 g/mol. The highest BCUT2D eigenvalue weighted by Gasteiger charge is 2.47. The second kappa shape index (κ2) is 6.67. The molecular formula is C17H24N2O3. The normalized spacial score (nSPS) is 23.4. The van der Waals surface area contributed by atoms with Gasteiger partial charge in [0.25, 0.3) is 0 Å². The zero-order chi connectivity index (χ0) is 15.4. The first-order valence-corrected chi connectivity index (χ1v) is 8.21. The van der Waals surface area contributed by atoms with Gasteiger partial charge in [-0.3, -0.25) is 5.41 Å². The summed E-state index contributed by atoms with van der Waals surface area (Å²) >= 11 is 0. The number of hydrogen-bond acceptors (Lipinski definition) is 4. The number of amidine groups is 1. The molecule has 22 heavy (non-hydrogen) atoms. The molecule has 3 rings (SSSR count). The van der Waals surface area contributed by atoms with Crippen molar-refractivity contribution < 1.29 is 14.5 Å². The summed E-state index contributed by atoms with van der Waals surface area (Å²) in [5, 5.41) is 11.3. The van der Waals surface area contributed by atoms with Crippen LogP contribution in [0, 0.1) is 5.41 Å². The number of rotatable bonds is 6. The van der Waals surface area contributed by atoms with Crippen LogP contribution in [0.3, 0.4) is 0 Å². The lowest BCUT2D eigenvalue weighted by molar-refractivity contribution is -0.393. The second-order valence-corrected chi connectivity index (χ2v) is 5.92. The first-order valence-electron chi connectivity index (χ1n) is 8.21. The molecule has 1 unspecified atom stereocenters. The van der Waals surface area contributed by atoms with Crippen molar-refractivity contribution in [1.82, 2.24) is 5.32 Å². The smallest absolute Gasteiger partial charge is 0.204 e. The van der Waals surface area contributed by atoms with E-state index in [1.54, 1.807) is 0 Å². The van der Waals surface area contributed by atoms with Gasteiger partial charge in [0.2, 0.25) is 5.72 Å². The molecule has 1 spiro atoms. The summed E-state index contributed by atoms with van der Waals surface area (Å²) in [4.78, 5) is 10.8. The lowest BCUT2D eigenvalue weighted by Crippen LogP contribution is -2.44. The molecule has 2 aliphatic heterocycles. The van der Waals surface area contributed by atoms with Crippen molar-refractivity contribution in [1.29, 1.82) is 5.41 Å². The fourth-order valence-corrected chi connectivity index (χ4v) is 3.13. The van der Waals surface area contributed by atoms with Gasteiger partial charge < -0.3 is 10.1 Å². The highest BCUT2D eigenvalue weighted by molar-refractivity contribution is 6.02. The van der Waals surface area contributed by atoms with Crippen LogP contribution in [-0.4, -0.2) is 19.0 Å². The van der Waals surface area contributed by atoms with Crippen molar-refractivity contribution in [2.75, 3.05) is 13.2 Å². The predicted octanol–water partition coefficient (Wildman–Crippen LogP) is 3.47. The Morgan fingerprint density at radius 2 is 2.23 bits per heavy atom. The average molecular weight is 304 g/mol. The fraction of sp³-hybridized carbons (Fsp3) is 0.588. The summed E-state index contributed by atoms with van der Waals surface area (Å²) in [7, 11) is 0. The van der Waals surface area contributed by atoms with E-state index in [2.05, 4.69) is 12.2 Å². The maximum absolute atomic E-state index is 8.15. The lowest BCUT2D eigenvalue weighted by Gasteiger charge is -2.33. The van der Waals surface area contributed by atoms with Crippen LogP contribution in [0.25, 0.3) is 0 Å². The third-order valence-corrected chi connectivity index (χ3v) is 4.24. The van der Waals surface area contributed by atoms with E-state index >= 15 is 0 Å². The van der Waals surface area contributed by atoms with E-state index in [0.29, 0.717) is 19.0 Å². The summed E-state index contributed by atoms with van der Waals surface area (Å²) in [6.45, 7) is 3.49. The average Bonchev–Trinajstić information content (AvgIpc) is 2.81. The van der Waals surface area contributed by atoms with Crippen LogP contribution in [0.1, 0.15) is 56.6 Å². The minimum absolute atomic E-state index is 0.372. The monoisotopic (exact) mass is 304 g/mol. The van der Waals surface area contributed by atoms with E-state index in [1.165, 1.54) is 19.3 Å². The van der Waals surface area contributed by atoms with E-state index in [4.69, 9.17) is 19.9 Å². The molecule has 2 aliphatic rings. The maximum Gasteiger partial charge on any atom is 0.204 e. The van der Waals surface area contributed by atoms with Gasteiger partial charge in [-0.25, -0.2) is 9.78 Å². The molecule has 1 saturated heterocycles. The van der Waals surface area contributed by atoms with Gasteiger partial charge in [-0.1, -0.05) is 38.3 Å². The van der Waals surface area contributed by atoms with Crippen LogP contribution < -0.4 is 10.1 Å². The van der Waals surface area contributed by atoms with E-state index in [-0.39, 0.29) is 0 Å². The maximum atomic E-state index is 8.15. The fourth-order valence-electron chi connectivity index (χ4n) is 3.13. The standard InChI is InChI=1S/C17H24N2O3/c1-2-3-4-5-11-20-14-9-6-8-13-15(14)17(19-16(13)18)10-7-12-21-22-17/h6,8-9H,2-5,7,10-12H2,1H3,(H2,18,19). The SMILES string of the molecule is CCCCCCOc1cccc2c1C1(CCCOO1)NC2=N. The number of hydrogen-bond donors (Lipinski definition) is 2. The van der Waals surface area contributed by atoms with E-state index in [0.717, 1.165) is 36.1 Å². The Labute approximate surface area is 131 Å². The summed E-state index contributed by atoms with van der Waals surface area (Å²) in [6.07, 6.45) is 6.36. The highest BCUT2D eigenvalue weighted by atomic mass is 17.2. The zero-order valence-electron chi connectivity index (χ0n) is 13.1. The van der Waals surface area contributed by atoms with Crippen LogP contribution in [0.4, 0.5) is 0 Å². The van der Waals surface area contributed by atoms with Crippen LogP contribution in [0.2, 0.25) is 0 Å². The minimum atomic E-state index is -0.759.